The van der Waals surface area contributed by atoms with Gasteiger partial charge < -0.3 is 15.0 Å². The van der Waals surface area contributed by atoms with Crippen molar-refractivity contribution in [2.24, 2.45) is 5.92 Å². The van der Waals surface area contributed by atoms with Crippen LogP contribution >= 0.6 is 23.2 Å². The number of nitrogens with one attached hydrogen (secondary N) is 2. The lowest BCUT2D eigenvalue weighted by atomic mass is 10.1. The summed E-state index contributed by atoms with van der Waals surface area (Å²) in [6.45, 7) is 1.82. The Morgan fingerprint density at radius 2 is 2.12 bits per heavy atom. The van der Waals surface area contributed by atoms with Crippen molar-refractivity contribution in [1.82, 2.24) is 15.3 Å². The van der Waals surface area contributed by atoms with Crippen molar-refractivity contribution >= 4 is 29.1 Å². The monoisotopic (exact) mass is 381 g/mol. The second-order valence-electron chi connectivity index (χ2n) is 5.89. The van der Waals surface area contributed by atoms with Gasteiger partial charge in [0.1, 0.15) is 11.4 Å². The molecule has 0 radical (unpaired) electrons. The number of aromatic amines is 1. The zero-order chi connectivity index (χ0) is 17.8. The van der Waals surface area contributed by atoms with Crippen LogP contribution in [0.3, 0.4) is 0 Å². The van der Waals surface area contributed by atoms with Crippen molar-refractivity contribution in [3.05, 3.63) is 61.7 Å². The van der Waals surface area contributed by atoms with Crippen LogP contribution in [-0.4, -0.2) is 35.6 Å². The quantitative estimate of drug-likeness (QED) is 0.832. The normalized spacial score (nSPS) is 16.8. The second kappa shape index (κ2) is 7.99. The van der Waals surface area contributed by atoms with E-state index in [0.29, 0.717) is 41.2 Å². The first kappa shape index (κ1) is 17.9. The third kappa shape index (κ3) is 4.39. The van der Waals surface area contributed by atoms with Crippen molar-refractivity contribution in [3.8, 4) is 0 Å². The summed E-state index contributed by atoms with van der Waals surface area (Å²) in [5.41, 5.74) is 0.161. The molecule has 1 fully saturated rings. The molecular formula is C17H17Cl2N3O3. The largest absolute Gasteiger partial charge is 0.381 e. The number of H-pyrrole nitrogens is 1. The maximum atomic E-state index is 12.2. The standard InChI is InChI=1S/C17H17Cl2N3O3/c18-13-2-1-3-14(19)11(13)6-15-20-8-12(17(24)22-15)16(23)21-7-10-4-5-25-9-10/h1-3,8,10H,4-7,9H2,(H,21,23)(H,20,22,24)/t10-/m0/s1. The Balaban J connectivity index is 1.70. The lowest BCUT2D eigenvalue weighted by Crippen LogP contribution is -2.34. The Kier molecular flexibility index (Phi) is 5.73. The summed E-state index contributed by atoms with van der Waals surface area (Å²) in [6, 6.07) is 5.18. The smallest absolute Gasteiger partial charge is 0.263 e. The number of hydrogen-bond donors (Lipinski definition) is 2. The van der Waals surface area contributed by atoms with Gasteiger partial charge in [-0.3, -0.25) is 9.59 Å². The number of ether oxygens (including phenoxy) is 1. The molecule has 132 valence electrons. The van der Waals surface area contributed by atoms with Crippen molar-refractivity contribution in [2.45, 2.75) is 12.8 Å². The topological polar surface area (TPSA) is 84.1 Å². The van der Waals surface area contributed by atoms with E-state index in [1.807, 2.05) is 0 Å². The highest BCUT2D eigenvalue weighted by atomic mass is 35.5. The van der Waals surface area contributed by atoms with Crippen LogP contribution in [0.1, 0.15) is 28.2 Å². The predicted octanol–water partition coefficient (Wildman–Crippen LogP) is 2.43. The molecule has 0 aliphatic carbocycles. The molecule has 0 saturated carbocycles. The zero-order valence-electron chi connectivity index (χ0n) is 13.4. The van der Waals surface area contributed by atoms with Gasteiger partial charge in [0.05, 0.1) is 6.61 Å². The fourth-order valence-electron chi connectivity index (χ4n) is 2.63. The van der Waals surface area contributed by atoms with Crippen LogP contribution in [0.15, 0.2) is 29.2 Å². The number of benzene rings is 1. The molecule has 1 aromatic carbocycles. The van der Waals surface area contributed by atoms with Gasteiger partial charge >= 0.3 is 0 Å². The van der Waals surface area contributed by atoms with Crippen LogP contribution in [0.4, 0.5) is 0 Å². The molecule has 1 aromatic heterocycles. The van der Waals surface area contributed by atoms with E-state index in [1.54, 1.807) is 18.2 Å². The Morgan fingerprint density at radius 3 is 2.76 bits per heavy atom. The van der Waals surface area contributed by atoms with Crippen LogP contribution in [-0.2, 0) is 11.2 Å². The molecule has 25 heavy (non-hydrogen) atoms. The van der Waals surface area contributed by atoms with Crippen molar-refractivity contribution < 1.29 is 9.53 Å². The molecule has 0 bridgehead atoms. The van der Waals surface area contributed by atoms with Crippen LogP contribution in [0, 0.1) is 5.92 Å². The van der Waals surface area contributed by atoms with Crippen LogP contribution in [0.5, 0.6) is 0 Å². The van der Waals surface area contributed by atoms with Gasteiger partial charge in [-0.2, -0.15) is 0 Å². The van der Waals surface area contributed by atoms with E-state index >= 15 is 0 Å². The number of hydrogen-bond acceptors (Lipinski definition) is 4. The van der Waals surface area contributed by atoms with Crippen LogP contribution in [0.25, 0.3) is 0 Å². The molecule has 0 unspecified atom stereocenters. The summed E-state index contributed by atoms with van der Waals surface area (Å²) in [5, 5.41) is 3.74. The number of rotatable bonds is 5. The van der Waals surface area contributed by atoms with Gasteiger partial charge in [-0.1, -0.05) is 29.3 Å². The van der Waals surface area contributed by atoms with Gasteiger partial charge in [0.2, 0.25) is 0 Å². The lowest BCUT2D eigenvalue weighted by molar-refractivity contribution is 0.0943. The number of nitrogens with zero attached hydrogens (tertiary/aromatic N) is 1. The fraction of sp³-hybridized carbons (Fsp3) is 0.353. The highest BCUT2D eigenvalue weighted by molar-refractivity contribution is 6.36. The van der Waals surface area contributed by atoms with E-state index in [0.717, 1.165) is 6.42 Å². The van der Waals surface area contributed by atoms with Gasteiger partial charge in [-0.05, 0) is 24.1 Å². The van der Waals surface area contributed by atoms with Crippen molar-refractivity contribution in [2.75, 3.05) is 19.8 Å². The summed E-state index contributed by atoms with van der Waals surface area (Å²) in [5.74, 6) is 0.237. The summed E-state index contributed by atoms with van der Waals surface area (Å²) < 4.78 is 5.26. The SMILES string of the molecule is O=C(NC[C@@H]1CCOC1)c1cnc(Cc2c(Cl)cccc2Cl)[nH]c1=O. The highest BCUT2D eigenvalue weighted by Gasteiger charge is 2.18. The lowest BCUT2D eigenvalue weighted by Gasteiger charge is -2.10. The molecule has 2 aromatic rings. The van der Waals surface area contributed by atoms with Gasteiger partial charge in [0.15, 0.2) is 0 Å². The Hall–Kier alpha value is -1.89. The van der Waals surface area contributed by atoms with Gasteiger partial charge in [-0.25, -0.2) is 4.98 Å². The van der Waals surface area contributed by atoms with Gasteiger partial charge in [0, 0.05) is 41.7 Å². The molecule has 6 nitrogen and oxygen atoms in total. The fourth-order valence-corrected chi connectivity index (χ4v) is 3.16. The highest BCUT2D eigenvalue weighted by Crippen LogP contribution is 2.25. The number of halogens is 2. The molecule has 0 spiro atoms. The molecular weight excluding hydrogens is 365 g/mol. The second-order valence-corrected chi connectivity index (χ2v) is 6.70. The van der Waals surface area contributed by atoms with E-state index in [1.165, 1.54) is 6.20 Å². The average molecular weight is 382 g/mol. The van der Waals surface area contributed by atoms with E-state index in [2.05, 4.69) is 15.3 Å². The average Bonchev–Trinajstić information content (AvgIpc) is 3.10. The molecule has 1 aliphatic rings. The van der Waals surface area contributed by atoms with E-state index in [4.69, 9.17) is 27.9 Å². The number of carbonyl (C=O) groups is 1. The molecule has 1 atom stereocenters. The van der Waals surface area contributed by atoms with Crippen LogP contribution in [0.2, 0.25) is 10.0 Å². The van der Waals surface area contributed by atoms with Crippen molar-refractivity contribution in [1.29, 1.82) is 0 Å². The number of amides is 1. The molecule has 1 amide bonds. The first-order valence-electron chi connectivity index (χ1n) is 7.91. The maximum absolute atomic E-state index is 12.2. The number of carbonyl (C=O) groups excluding carboxylic acids is 1. The first-order chi connectivity index (χ1) is 12.0. The molecule has 2 heterocycles. The Labute approximate surface area is 154 Å². The number of aromatic nitrogens is 2. The van der Waals surface area contributed by atoms with Crippen LogP contribution < -0.4 is 10.9 Å². The summed E-state index contributed by atoms with van der Waals surface area (Å²) in [6.07, 6.45) is 2.46. The first-order valence-corrected chi connectivity index (χ1v) is 8.67. The van der Waals surface area contributed by atoms with E-state index < -0.39 is 11.5 Å². The minimum Gasteiger partial charge on any atom is -0.381 e. The summed E-state index contributed by atoms with van der Waals surface area (Å²) in [4.78, 5) is 31.1. The molecule has 8 heteroatoms. The minimum absolute atomic E-state index is 0.0204. The molecule has 3 rings (SSSR count). The minimum atomic E-state index is -0.492. The van der Waals surface area contributed by atoms with Gasteiger partial charge in [-0.15, -0.1) is 0 Å². The van der Waals surface area contributed by atoms with E-state index in [9.17, 15) is 9.59 Å². The van der Waals surface area contributed by atoms with E-state index in [-0.39, 0.29) is 17.9 Å². The Morgan fingerprint density at radius 1 is 1.36 bits per heavy atom. The van der Waals surface area contributed by atoms with Gasteiger partial charge in [0.25, 0.3) is 11.5 Å². The third-order valence-corrected chi connectivity index (χ3v) is 4.79. The predicted molar refractivity (Wildman–Crippen MR) is 95.4 cm³/mol. The maximum Gasteiger partial charge on any atom is 0.263 e. The zero-order valence-corrected chi connectivity index (χ0v) is 14.9. The molecule has 1 aliphatic heterocycles. The summed E-state index contributed by atoms with van der Waals surface area (Å²) in [7, 11) is 0. The third-order valence-electron chi connectivity index (χ3n) is 4.08. The molecule has 2 N–H and O–H groups in total. The van der Waals surface area contributed by atoms with Crippen molar-refractivity contribution in [3.63, 3.8) is 0 Å². The molecule has 1 saturated heterocycles. The summed E-state index contributed by atoms with van der Waals surface area (Å²) >= 11 is 12.3. The Bertz CT molecular complexity index is 812.